The Balaban J connectivity index is 1.89. The molecule has 1 aliphatic heterocycles. The Labute approximate surface area is 139 Å². The molecule has 3 heterocycles. The van der Waals surface area contributed by atoms with Crippen LogP contribution >= 0.6 is 12.2 Å². The second kappa shape index (κ2) is 6.78. The zero-order valence-electron chi connectivity index (χ0n) is 12.7. The lowest BCUT2D eigenvalue weighted by Gasteiger charge is -2.26. The Bertz CT molecular complexity index is 675. The van der Waals surface area contributed by atoms with Gasteiger partial charge in [0.1, 0.15) is 0 Å². The molecule has 1 fully saturated rings. The fourth-order valence-electron chi connectivity index (χ4n) is 2.83. The summed E-state index contributed by atoms with van der Waals surface area (Å²) in [6.07, 6.45) is 3.93. The quantitative estimate of drug-likeness (QED) is 0.645. The van der Waals surface area contributed by atoms with Crippen LogP contribution in [0.2, 0.25) is 0 Å². The monoisotopic (exact) mass is 330 g/mol. The van der Waals surface area contributed by atoms with Gasteiger partial charge in [-0.2, -0.15) is 0 Å². The van der Waals surface area contributed by atoms with Crippen LogP contribution < -0.4 is 5.32 Å². The first-order valence-corrected chi connectivity index (χ1v) is 7.79. The standard InChI is InChI=1S/C16H18N4O2S/c1-22-13(21)7-10-20-15(12-6-4-9-18-12)14(19-16(20)23)11-5-2-3-8-17-11/h2-6,8-9,14-15,18H,7,10H2,1H3,(H,19,23)/t14-,15-/m0/s1. The van der Waals surface area contributed by atoms with Crippen molar-refractivity contribution in [3.8, 4) is 0 Å². The van der Waals surface area contributed by atoms with E-state index in [9.17, 15) is 4.79 Å². The highest BCUT2D eigenvalue weighted by Gasteiger charge is 2.40. The number of carbonyl (C=O) groups excluding carboxylic acids is 1. The van der Waals surface area contributed by atoms with Gasteiger partial charge in [-0.3, -0.25) is 9.78 Å². The maximum Gasteiger partial charge on any atom is 0.307 e. The van der Waals surface area contributed by atoms with E-state index in [1.54, 1.807) is 6.20 Å². The first kappa shape index (κ1) is 15.5. The number of pyridine rings is 1. The van der Waals surface area contributed by atoms with Crippen LogP contribution in [0.1, 0.15) is 29.9 Å². The Hall–Kier alpha value is -2.41. The van der Waals surface area contributed by atoms with E-state index >= 15 is 0 Å². The SMILES string of the molecule is COC(=O)CCN1C(=S)N[C@@H](c2ccccn2)[C@@H]1c1ccc[nH]1. The maximum absolute atomic E-state index is 11.5. The van der Waals surface area contributed by atoms with Crippen molar-refractivity contribution < 1.29 is 9.53 Å². The summed E-state index contributed by atoms with van der Waals surface area (Å²) in [5.41, 5.74) is 1.94. The summed E-state index contributed by atoms with van der Waals surface area (Å²) in [5, 5.41) is 3.94. The van der Waals surface area contributed by atoms with Crippen molar-refractivity contribution >= 4 is 23.3 Å². The van der Waals surface area contributed by atoms with Gasteiger partial charge in [-0.1, -0.05) is 6.07 Å². The third kappa shape index (κ3) is 3.19. The van der Waals surface area contributed by atoms with E-state index in [2.05, 4.69) is 15.3 Å². The van der Waals surface area contributed by atoms with Crippen LogP contribution in [0, 0.1) is 0 Å². The molecule has 3 rings (SSSR count). The van der Waals surface area contributed by atoms with Gasteiger partial charge in [0.05, 0.1) is 31.3 Å². The number of nitrogens with one attached hydrogen (secondary N) is 2. The van der Waals surface area contributed by atoms with E-state index in [1.165, 1.54) is 7.11 Å². The normalized spacial score (nSPS) is 20.4. The zero-order valence-corrected chi connectivity index (χ0v) is 13.5. The van der Waals surface area contributed by atoms with Gasteiger partial charge in [0.15, 0.2) is 5.11 Å². The maximum atomic E-state index is 11.5. The summed E-state index contributed by atoms with van der Waals surface area (Å²) in [6, 6.07) is 9.66. The number of aromatic amines is 1. The van der Waals surface area contributed by atoms with E-state index in [0.29, 0.717) is 11.7 Å². The number of aromatic nitrogens is 2. The van der Waals surface area contributed by atoms with Crippen molar-refractivity contribution in [3.05, 3.63) is 54.1 Å². The van der Waals surface area contributed by atoms with Crippen molar-refractivity contribution in [2.45, 2.75) is 18.5 Å². The molecule has 0 aliphatic carbocycles. The zero-order chi connectivity index (χ0) is 16.2. The molecule has 1 aliphatic rings. The van der Waals surface area contributed by atoms with Crippen LogP contribution in [-0.4, -0.2) is 39.6 Å². The highest BCUT2D eigenvalue weighted by molar-refractivity contribution is 7.80. The summed E-state index contributed by atoms with van der Waals surface area (Å²) < 4.78 is 4.73. The van der Waals surface area contributed by atoms with Gasteiger partial charge >= 0.3 is 5.97 Å². The second-order valence-electron chi connectivity index (χ2n) is 5.27. The van der Waals surface area contributed by atoms with Gasteiger partial charge < -0.3 is 19.9 Å². The smallest absolute Gasteiger partial charge is 0.307 e. The molecule has 0 bridgehead atoms. The van der Waals surface area contributed by atoms with E-state index in [1.807, 2.05) is 41.4 Å². The molecule has 2 aromatic heterocycles. The van der Waals surface area contributed by atoms with Crippen molar-refractivity contribution in [1.29, 1.82) is 0 Å². The topological polar surface area (TPSA) is 70.2 Å². The fraction of sp³-hybridized carbons (Fsp3) is 0.312. The molecule has 2 aromatic rings. The Morgan fingerprint density at radius 1 is 1.39 bits per heavy atom. The molecule has 6 nitrogen and oxygen atoms in total. The van der Waals surface area contributed by atoms with Gasteiger partial charge in [-0.05, 0) is 36.5 Å². The minimum absolute atomic E-state index is 0.0444. The largest absolute Gasteiger partial charge is 0.469 e. The predicted octanol–water partition coefficient (Wildman–Crippen LogP) is 1.95. The molecule has 0 saturated carbocycles. The van der Waals surface area contributed by atoms with Gasteiger partial charge in [0.25, 0.3) is 0 Å². The summed E-state index contributed by atoms with van der Waals surface area (Å²) in [5.74, 6) is -0.251. The highest BCUT2D eigenvalue weighted by Crippen LogP contribution is 2.37. The number of H-pyrrole nitrogens is 1. The lowest BCUT2D eigenvalue weighted by molar-refractivity contribution is -0.140. The second-order valence-corrected chi connectivity index (χ2v) is 5.66. The van der Waals surface area contributed by atoms with E-state index in [4.69, 9.17) is 17.0 Å². The van der Waals surface area contributed by atoms with Crippen molar-refractivity contribution in [1.82, 2.24) is 20.2 Å². The van der Waals surface area contributed by atoms with Crippen LogP contribution in [0.5, 0.6) is 0 Å². The number of rotatable bonds is 5. The molecule has 2 N–H and O–H groups in total. The van der Waals surface area contributed by atoms with Crippen LogP contribution in [-0.2, 0) is 9.53 Å². The van der Waals surface area contributed by atoms with E-state index in [-0.39, 0.29) is 24.5 Å². The number of nitrogens with zero attached hydrogens (tertiary/aromatic N) is 2. The summed E-state index contributed by atoms with van der Waals surface area (Å²) >= 11 is 5.48. The van der Waals surface area contributed by atoms with Crippen LogP contribution in [0.15, 0.2) is 42.7 Å². The Kier molecular flexibility index (Phi) is 4.57. The number of ether oxygens (including phenoxy) is 1. The number of hydrogen-bond donors (Lipinski definition) is 2. The van der Waals surface area contributed by atoms with Crippen LogP contribution in [0.4, 0.5) is 0 Å². The Morgan fingerprint density at radius 2 is 2.26 bits per heavy atom. The molecule has 1 saturated heterocycles. The molecule has 0 spiro atoms. The molecule has 120 valence electrons. The minimum atomic E-state index is -0.251. The van der Waals surface area contributed by atoms with Gasteiger partial charge in [0, 0.05) is 24.6 Å². The number of hydrogen-bond acceptors (Lipinski definition) is 4. The average Bonchev–Trinajstić information content (AvgIpc) is 3.21. The number of thiocarbonyl (C=S) groups is 1. The summed E-state index contributed by atoms with van der Waals surface area (Å²) in [4.78, 5) is 21.2. The van der Waals surface area contributed by atoms with Crippen molar-refractivity contribution in [3.63, 3.8) is 0 Å². The number of carbonyl (C=O) groups is 1. The number of methoxy groups -OCH3 is 1. The molecule has 0 radical (unpaired) electrons. The Morgan fingerprint density at radius 3 is 2.91 bits per heavy atom. The van der Waals surface area contributed by atoms with Crippen LogP contribution in [0.25, 0.3) is 0 Å². The highest BCUT2D eigenvalue weighted by atomic mass is 32.1. The predicted molar refractivity (Wildman–Crippen MR) is 89.6 cm³/mol. The molecular formula is C16H18N4O2S. The average molecular weight is 330 g/mol. The van der Waals surface area contributed by atoms with Gasteiger partial charge in [-0.25, -0.2) is 0 Å². The number of esters is 1. The lowest BCUT2D eigenvalue weighted by atomic mass is 10.0. The molecule has 0 amide bonds. The molecule has 2 atom stereocenters. The third-order valence-electron chi connectivity index (χ3n) is 3.92. The minimum Gasteiger partial charge on any atom is -0.469 e. The first-order chi connectivity index (χ1) is 11.2. The lowest BCUT2D eigenvalue weighted by Crippen LogP contribution is -2.32. The van der Waals surface area contributed by atoms with Crippen molar-refractivity contribution in [2.24, 2.45) is 0 Å². The van der Waals surface area contributed by atoms with Gasteiger partial charge in [0.2, 0.25) is 0 Å². The van der Waals surface area contributed by atoms with E-state index in [0.717, 1.165) is 11.4 Å². The third-order valence-corrected chi connectivity index (χ3v) is 4.28. The van der Waals surface area contributed by atoms with Crippen molar-refractivity contribution in [2.75, 3.05) is 13.7 Å². The molecule has 0 aromatic carbocycles. The first-order valence-electron chi connectivity index (χ1n) is 7.39. The molecular weight excluding hydrogens is 312 g/mol. The van der Waals surface area contributed by atoms with Crippen LogP contribution in [0.3, 0.4) is 0 Å². The molecule has 7 heteroatoms. The molecule has 23 heavy (non-hydrogen) atoms. The molecule has 0 unspecified atom stereocenters. The summed E-state index contributed by atoms with van der Waals surface area (Å²) in [6.45, 7) is 0.492. The van der Waals surface area contributed by atoms with Gasteiger partial charge in [-0.15, -0.1) is 0 Å². The summed E-state index contributed by atoms with van der Waals surface area (Å²) in [7, 11) is 1.39. The fourth-order valence-corrected chi connectivity index (χ4v) is 3.16. The van der Waals surface area contributed by atoms with E-state index < -0.39 is 0 Å².